The van der Waals surface area contributed by atoms with Crippen LogP contribution in [0, 0.1) is 0 Å². The molecule has 0 radical (unpaired) electrons. The Kier molecular flexibility index (Phi) is 38.5. The molecule has 0 saturated heterocycles. The number of esters is 3. The second-order valence-electron chi connectivity index (χ2n) is 14.2. The van der Waals surface area contributed by atoms with Crippen LogP contribution in [0.3, 0.4) is 0 Å². The van der Waals surface area contributed by atoms with Crippen molar-refractivity contribution in [2.75, 3.05) is 13.2 Å². The molecule has 0 aliphatic heterocycles. The molecule has 0 N–H and O–H groups in total. The van der Waals surface area contributed by atoms with Gasteiger partial charge in [-0.05, 0) is 44.9 Å². The van der Waals surface area contributed by atoms with Gasteiger partial charge >= 0.3 is 17.9 Å². The van der Waals surface area contributed by atoms with E-state index in [-0.39, 0.29) is 31.1 Å². The van der Waals surface area contributed by atoms with Gasteiger partial charge in [0.1, 0.15) is 13.2 Å². The summed E-state index contributed by atoms with van der Waals surface area (Å²) in [7, 11) is 0. The Labute approximate surface area is 315 Å². The summed E-state index contributed by atoms with van der Waals surface area (Å²) in [6, 6.07) is 0. The van der Waals surface area contributed by atoms with E-state index in [9.17, 15) is 14.4 Å². The molecule has 51 heavy (non-hydrogen) atoms. The molecule has 0 aromatic rings. The molecule has 0 saturated carbocycles. The van der Waals surface area contributed by atoms with Crippen LogP contribution in [-0.4, -0.2) is 37.2 Å². The number of carbonyl (C=O) groups excluding carboxylic acids is 3. The molecule has 1 unspecified atom stereocenters. The molecule has 0 fully saturated rings. The Morgan fingerprint density at radius 1 is 0.412 bits per heavy atom. The van der Waals surface area contributed by atoms with Gasteiger partial charge in [-0.2, -0.15) is 0 Å². The number of unbranched alkanes of at least 4 members (excludes halogenated alkanes) is 21. The quantitative estimate of drug-likeness (QED) is 0.0274. The summed E-state index contributed by atoms with van der Waals surface area (Å²) < 4.78 is 16.6. The van der Waals surface area contributed by atoms with Crippen LogP contribution in [0.1, 0.15) is 213 Å². The number of rotatable bonds is 38. The van der Waals surface area contributed by atoms with E-state index in [4.69, 9.17) is 14.2 Å². The van der Waals surface area contributed by atoms with Gasteiger partial charge in [0, 0.05) is 19.3 Å². The fourth-order valence-corrected chi connectivity index (χ4v) is 5.94. The van der Waals surface area contributed by atoms with E-state index in [1.165, 1.54) is 103 Å². The third-order valence-corrected chi connectivity index (χ3v) is 9.16. The van der Waals surface area contributed by atoms with E-state index >= 15 is 0 Å². The van der Waals surface area contributed by atoms with Crippen LogP contribution in [0.4, 0.5) is 0 Å². The normalized spacial score (nSPS) is 12.3. The maximum Gasteiger partial charge on any atom is 0.306 e. The molecule has 0 aliphatic carbocycles. The number of ether oxygens (including phenoxy) is 3. The molecule has 0 bridgehead atoms. The summed E-state index contributed by atoms with van der Waals surface area (Å²) in [6.45, 7) is 6.44. The van der Waals surface area contributed by atoms with Gasteiger partial charge in [0.2, 0.25) is 0 Å². The summed E-state index contributed by atoms with van der Waals surface area (Å²) in [6.07, 6.45) is 44.2. The monoisotopic (exact) mass is 717 g/mol. The van der Waals surface area contributed by atoms with E-state index in [0.717, 1.165) is 64.2 Å². The Morgan fingerprint density at radius 2 is 0.765 bits per heavy atom. The molecule has 0 rings (SSSR count). The lowest BCUT2D eigenvalue weighted by atomic mass is 10.1. The number of hydrogen-bond donors (Lipinski definition) is 0. The lowest BCUT2D eigenvalue weighted by Crippen LogP contribution is -2.30. The number of allylic oxidation sites excluding steroid dienone is 6. The zero-order chi connectivity index (χ0) is 37.3. The molecule has 6 nitrogen and oxygen atoms in total. The predicted octanol–water partition coefficient (Wildman–Crippen LogP) is 13.4. The van der Waals surface area contributed by atoms with Crippen molar-refractivity contribution >= 4 is 17.9 Å². The standard InChI is InChI=1S/C45H80O6/c1-4-7-10-13-16-19-22-25-28-31-34-37-43(46)49-40-42(51-45(48)39-36-33-30-27-24-21-18-15-12-9-6-3)41-50-44(47)38-35-32-29-26-23-20-17-14-11-8-5-2/h7,10,16,19,25,28,42H,4-6,8-9,11-15,17-18,20-24,26-27,29-41H2,1-3H3/b10-7-,19-16-,28-25-. The van der Waals surface area contributed by atoms with E-state index in [1.807, 2.05) is 0 Å². The lowest BCUT2D eigenvalue weighted by molar-refractivity contribution is -0.167. The maximum atomic E-state index is 12.7. The first-order chi connectivity index (χ1) is 25.0. The first-order valence-electron chi connectivity index (χ1n) is 21.5. The summed E-state index contributed by atoms with van der Waals surface area (Å²) in [5, 5.41) is 0. The molecule has 1 atom stereocenters. The molecule has 0 heterocycles. The van der Waals surface area contributed by atoms with Gasteiger partial charge in [0.05, 0.1) is 0 Å². The zero-order valence-electron chi connectivity index (χ0n) is 33.6. The lowest BCUT2D eigenvalue weighted by Gasteiger charge is -2.18. The van der Waals surface area contributed by atoms with Gasteiger partial charge in [-0.15, -0.1) is 0 Å². The van der Waals surface area contributed by atoms with Crippen molar-refractivity contribution in [2.24, 2.45) is 0 Å². The Balaban J connectivity index is 4.43. The third-order valence-electron chi connectivity index (χ3n) is 9.16. The smallest absolute Gasteiger partial charge is 0.306 e. The molecule has 0 aromatic heterocycles. The van der Waals surface area contributed by atoms with Crippen molar-refractivity contribution in [3.8, 4) is 0 Å². The summed E-state index contributed by atoms with van der Waals surface area (Å²) >= 11 is 0. The van der Waals surface area contributed by atoms with E-state index < -0.39 is 6.10 Å². The average molecular weight is 717 g/mol. The number of carbonyl (C=O) groups is 3. The van der Waals surface area contributed by atoms with Crippen molar-refractivity contribution in [3.63, 3.8) is 0 Å². The highest BCUT2D eigenvalue weighted by Gasteiger charge is 2.19. The van der Waals surface area contributed by atoms with Crippen molar-refractivity contribution in [3.05, 3.63) is 36.5 Å². The van der Waals surface area contributed by atoms with Gasteiger partial charge in [-0.3, -0.25) is 14.4 Å². The summed E-state index contributed by atoms with van der Waals surface area (Å²) in [4.78, 5) is 37.5. The van der Waals surface area contributed by atoms with Gasteiger partial charge < -0.3 is 14.2 Å². The SMILES string of the molecule is CC/C=C\C/C=C\C/C=C\CCCC(=O)OCC(COC(=O)CCCCCCCCCCCCC)OC(=O)CCCCCCCCCCCCC. The molecule has 0 aliphatic rings. The van der Waals surface area contributed by atoms with Crippen molar-refractivity contribution < 1.29 is 28.6 Å². The third kappa shape index (κ3) is 38.7. The molecule has 6 heteroatoms. The van der Waals surface area contributed by atoms with Gasteiger partial charge in [0.25, 0.3) is 0 Å². The van der Waals surface area contributed by atoms with Gasteiger partial charge in [-0.1, -0.05) is 186 Å². The molecule has 0 amide bonds. The van der Waals surface area contributed by atoms with Crippen LogP contribution >= 0.6 is 0 Å². The molecule has 0 spiro atoms. The van der Waals surface area contributed by atoms with E-state index in [0.29, 0.717) is 25.7 Å². The fraction of sp³-hybridized carbons (Fsp3) is 0.800. The van der Waals surface area contributed by atoms with E-state index in [1.54, 1.807) is 0 Å². The zero-order valence-corrected chi connectivity index (χ0v) is 33.6. The fourth-order valence-electron chi connectivity index (χ4n) is 5.94. The maximum absolute atomic E-state index is 12.7. The molecule has 296 valence electrons. The largest absolute Gasteiger partial charge is 0.462 e. The Bertz CT molecular complexity index is 876. The average Bonchev–Trinajstić information content (AvgIpc) is 3.12. The molecule has 0 aromatic carbocycles. The summed E-state index contributed by atoms with van der Waals surface area (Å²) in [5.41, 5.74) is 0. The molecular weight excluding hydrogens is 636 g/mol. The second kappa shape index (κ2) is 40.4. The first kappa shape index (κ1) is 48.6. The van der Waals surface area contributed by atoms with Crippen molar-refractivity contribution in [1.29, 1.82) is 0 Å². The van der Waals surface area contributed by atoms with Crippen LogP contribution in [0.2, 0.25) is 0 Å². The second-order valence-corrected chi connectivity index (χ2v) is 14.2. The first-order valence-corrected chi connectivity index (χ1v) is 21.5. The minimum atomic E-state index is -0.783. The minimum absolute atomic E-state index is 0.0847. The minimum Gasteiger partial charge on any atom is -0.462 e. The van der Waals surface area contributed by atoms with Crippen LogP contribution in [0.5, 0.6) is 0 Å². The predicted molar refractivity (Wildman–Crippen MR) is 215 cm³/mol. The topological polar surface area (TPSA) is 78.9 Å². The highest BCUT2D eigenvalue weighted by molar-refractivity contribution is 5.71. The Hall–Kier alpha value is -2.37. The number of hydrogen-bond acceptors (Lipinski definition) is 6. The molecular formula is C45H80O6. The van der Waals surface area contributed by atoms with Crippen molar-refractivity contribution in [2.45, 2.75) is 219 Å². The van der Waals surface area contributed by atoms with E-state index in [2.05, 4.69) is 57.2 Å². The van der Waals surface area contributed by atoms with Gasteiger partial charge in [-0.25, -0.2) is 0 Å². The van der Waals surface area contributed by atoms with Crippen LogP contribution < -0.4 is 0 Å². The van der Waals surface area contributed by atoms with Crippen LogP contribution in [0.15, 0.2) is 36.5 Å². The Morgan fingerprint density at radius 3 is 1.20 bits per heavy atom. The summed E-state index contributed by atoms with van der Waals surface area (Å²) in [5.74, 6) is -0.943. The highest BCUT2D eigenvalue weighted by atomic mass is 16.6. The van der Waals surface area contributed by atoms with Crippen molar-refractivity contribution in [1.82, 2.24) is 0 Å². The highest BCUT2D eigenvalue weighted by Crippen LogP contribution is 2.14. The van der Waals surface area contributed by atoms with Gasteiger partial charge in [0.15, 0.2) is 6.10 Å². The van der Waals surface area contributed by atoms with Crippen LogP contribution in [0.25, 0.3) is 0 Å². The van der Waals surface area contributed by atoms with Crippen LogP contribution in [-0.2, 0) is 28.6 Å².